The lowest BCUT2D eigenvalue weighted by molar-refractivity contribution is 0.129. The van der Waals surface area contributed by atoms with Gasteiger partial charge in [0.1, 0.15) is 17.2 Å². The Balaban J connectivity index is 1.90. The minimum atomic E-state index is -0.234. The van der Waals surface area contributed by atoms with Gasteiger partial charge in [0.25, 0.3) is 0 Å². The largest absolute Gasteiger partial charge is 0.488 e. The Hall–Kier alpha value is -2.50. The van der Waals surface area contributed by atoms with Crippen LogP contribution in [0.25, 0.3) is 0 Å². The third kappa shape index (κ3) is 8.18. The molecule has 0 saturated carbocycles. The van der Waals surface area contributed by atoms with Crippen molar-refractivity contribution in [2.75, 3.05) is 13.1 Å². The monoisotopic (exact) mass is 399 g/mol. The van der Waals surface area contributed by atoms with Crippen LogP contribution in [0.5, 0.6) is 5.75 Å². The van der Waals surface area contributed by atoms with Gasteiger partial charge in [-0.3, -0.25) is 0 Å². The topological polar surface area (TPSA) is 63.5 Å². The van der Waals surface area contributed by atoms with Gasteiger partial charge in [0, 0.05) is 37.6 Å². The predicted octanol–water partition coefficient (Wildman–Crippen LogP) is 4.21. The highest BCUT2D eigenvalue weighted by molar-refractivity contribution is 5.79. The number of nitrogens with one attached hydrogen (secondary N) is 2. The molecular formula is C23H37N5O. The molecule has 0 aliphatic carbocycles. The van der Waals surface area contributed by atoms with Gasteiger partial charge in [0.15, 0.2) is 5.96 Å². The van der Waals surface area contributed by atoms with E-state index in [1.54, 1.807) is 0 Å². The zero-order valence-electron chi connectivity index (χ0n) is 18.9. The summed E-state index contributed by atoms with van der Waals surface area (Å²) in [5.74, 6) is 2.82. The summed E-state index contributed by atoms with van der Waals surface area (Å²) in [4.78, 5) is 9.03. The molecule has 0 radical (unpaired) electrons. The standard InChI is InChI=1S/C23H37N5O/c1-7-24-22(26-12-8-9-14-28-15-13-25-19(28)3)27-17-20-11-10-18(2)16-21(20)29-23(4,5)6/h10-11,13,15-16H,7-9,12,14,17H2,1-6H3,(H2,24,26,27). The summed E-state index contributed by atoms with van der Waals surface area (Å²) in [5, 5.41) is 6.77. The number of hydrogen-bond acceptors (Lipinski definition) is 3. The molecule has 0 aliphatic heterocycles. The second-order valence-electron chi connectivity index (χ2n) is 8.32. The number of aryl methyl sites for hydroxylation is 3. The van der Waals surface area contributed by atoms with E-state index in [-0.39, 0.29) is 5.60 Å². The summed E-state index contributed by atoms with van der Waals surface area (Å²) in [6.07, 6.45) is 6.06. The van der Waals surface area contributed by atoms with E-state index < -0.39 is 0 Å². The van der Waals surface area contributed by atoms with Crippen LogP contribution in [-0.4, -0.2) is 34.2 Å². The van der Waals surface area contributed by atoms with Crippen molar-refractivity contribution in [1.29, 1.82) is 0 Å². The van der Waals surface area contributed by atoms with Crippen molar-refractivity contribution < 1.29 is 4.74 Å². The normalized spacial score (nSPS) is 12.1. The summed E-state index contributed by atoms with van der Waals surface area (Å²) in [6.45, 7) is 15.7. The van der Waals surface area contributed by atoms with Crippen molar-refractivity contribution in [2.24, 2.45) is 4.99 Å². The average molecular weight is 400 g/mol. The lowest BCUT2D eigenvalue weighted by atomic mass is 10.1. The molecule has 0 unspecified atom stereocenters. The van der Waals surface area contributed by atoms with E-state index in [1.807, 2.05) is 19.3 Å². The van der Waals surface area contributed by atoms with Crippen LogP contribution in [-0.2, 0) is 13.1 Å². The van der Waals surface area contributed by atoms with Gasteiger partial charge in [-0.25, -0.2) is 9.98 Å². The molecular weight excluding hydrogens is 362 g/mol. The van der Waals surface area contributed by atoms with E-state index in [0.717, 1.165) is 55.6 Å². The average Bonchev–Trinajstić information content (AvgIpc) is 3.04. The summed E-state index contributed by atoms with van der Waals surface area (Å²) in [5.41, 5.74) is 2.05. The van der Waals surface area contributed by atoms with Gasteiger partial charge in [-0.05, 0) is 66.0 Å². The van der Waals surface area contributed by atoms with E-state index in [0.29, 0.717) is 6.54 Å². The van der Waals surface area contributed by atoms with Crippen LogP contribution >= 0.6 is 0 Å². The Labute approximate surface area is 175 Å². The number of ether oxygens (including phenoxy) is 1. The van der Waals surface area contributed by atoms with Crippen LogP contribution in [0.2, 0.25) is 0 Å². The maximum Gasteiger partial charge on any atom is 0.191 e. The molecule has 0 atom stereocenters. The highest BCUT2D eigenvalue weighted by atomic mass is 16.5. The molecule has 0 fully saturated rings. The number of hydrogen-bond donors (Lipinski definition) is 2. The van der Waals surface area contributed by atoms with Crippen molar-refractivity contribution in [1.82, 2.24) is 20.2 Å². The number of aromatic nitrogens is 2. The van der Waals surface area contributed by atoms with Crippen LogP contribution < -0.4 is 15.4 Å². The first-order valence-corrected chi connectivity index (χ1v) is 10.6. The lowest BCUT2D eigenvalue weighted by Gasteiger charge is -2.23. The van der Waals surface area contributed by atoms with E-state index in [4.69, 9.17) is 9.73 Å². The molecule has 1 aromatic heterocycles. The smallest absolute Gasteiger partial charge is 0.191 e. The van der Waals surface area contributed by atoms with Gasteiger partial charge in [-0.1, -0.05) is 12.1 Å². The van der Waals surface area contributed by atoms with Gasteiger partial charge >= 0.3 is 0 Å². The highest BCUT2D eigenvalue weighted by Crippen LogP contribution is 2.25. The number of benzene rings is 1. The van der Waals surface area contributed by atoms with Crippen molar-refractivity contribution in [3.63, 3.8) is 0 Å². The fourth-order valence-electron chi connectivity index (χ4n) is 2.98. The first-order chi connectivity index (χ1) is 13.8. The van der Waals surface area contributed by atoms with E-state index in [2.05, 4.69) is 73.0 Å². The van der Waals surface area contributed by atoms with Crippen LogP contribution in [0.3, 0.4) is 0 Å². The number of rotatable bonds is 9. The third-order valence-corrected chi connectivity index (χ3v) is 4.43. The predicted molar refractivity (Wildman–Crippen MR) is 121 cm³/mol. The molecule has 2 aromatic rings. The number of aliphatic imine (C=N–C) groups is 1. The SMILES string of the molecule is CCNC(=NCc1ccc(C)cc1OC(C)(C)C)NCCCCn1ccnc1C. The Morgan fingerprint density at radius 3 is 2.62 bits per heavy atom. The zero-order chi connectivity index (χ0) is 21.3. The molecule has 2 N–H and O–H groups in total. The first kappa shape index (κ1) is 22.8. The number of unbranched alkanes of at least 4 members (excludes halogenated alkanes) is 1. The second-order valence-corrected chi connectivity index (χ2v) is 8.32. The van der Waals surface area contributed by atoms with E-state index in [9.17, 15) is 0 Å². The minimum Gasteiger partial charge on any atom is -0.488 e. The fraction of sp³-hybridized carbons (Fsp3) is 0.565. The second kappa shape index (κ2) is 10.9. The summed E-state index contributed by atoms with van der Waals surface area (Å²) < 4.78 is 8.33. The molecule has 6 nitrogen and oxygen atoms in total. The van der Waals surface area contributed by atoms with Gasteiger partial charge < -0.3 is 19.9 Å². The summed E-state index contributed by atoms with van der Waals surface area (Å²) in [6, 6.07) is 6.31. The summed E-state index contributed by atoms with van der Waals surface area (Å²) >= 11 is 0. The molecule has 0 bridgehead atoms. The van der Waals surface area contributed by atoms with Crippen molar-refractivity contribution in [3.05, 3.63) is 47.5 Å². The lowest BCUT2D eigenvalue weighted by Crippen LogP contribution is -2.37. The van der Waals surface area contributed by atoms with Crippen molar-refractivity contribution in [3.8, 4) is 5.75 Å². The third-order valence-electron chi connectivity index (χ3n) is 4.43. The molecule has 1 aromatic carbocycles. The Bertz CT molecular complexity index is 789. The van der Waals surface area contributed by atoms with Gasteiger partial charge in [0.05, 0.1) is 6.54 Å². The Morgan fingerprint density at radius 1 is 1.17 bits per heavy atom. The summed E-state index contributed by atoms with van der Waals surface area (Å²) in [7, 11) is 0. The van der Waals surface area contributed by atoms with Crippen molar-refractivity contribution >= 4 is 5.96 Å². The van der Waals surface area contributed by atoms with Crippen LogP contribution in [0, 0.1) is 13.8 Å². The minimum absolute atomic E-state index is 0.234. The van der Waals surface area contributed by atoms with Crippen LogP contribution in [0.4, 0.5) is 0 Å². The molecule has 29 heavy (non-hydrogen) atoms. The van der Waals surface area contributed by atoms with Gasteiger partial charge in [-0.15, -0.1) is 0 Å². The number of guanidine groups is 1. The number of imidazole rings is 1. The molecule has 160 valence electrons. The molecule has 0 aliphatic rings. The maximum absolute atomic E-state index is 6.15. The van der Waals surface area contributed by atoms with Crippen LogP contribution in [0.15, 0.2) is 35.6 Å². The molecule has 2 rings (SSSR count). The van der Waals surface area contributed by atoms with Crippen LogP contribution in [0.1, 0.15) is 57.5 Å². The quantitative estimate of drug-likeness (QED) is 0.377. The molecule has 0 spiro atoms. The molecule has 6 heteroatoms. The van der Waals surface area contributed by atoms with Gasteiger partial charge in [0.2, 0.25) is 0 Å². The first-order valence-electron chi connectivity index (χ1n) is 10.6. The van der Waals surface area contributed by atoms with Crippen molar-refractivity contribution in [2.45, 2.75) is 73.1 Å². The Kier molecular flexibility index (Phi) is 8.55. The fourth-order valence-corrected chi connectivity index (χ4v) is 2.98. The van der Waals surface area contributed by atoms with Gasteiger partial charge in [-0.2, -0.15) is 0 Å². The van der Waals surface area contributed by atoms with E-state index in [1.165, 1.54) is 5.56 Å². The van der Waals surface area contributed by atoms with E-state index >= 15 is 0 Å². The molecule has 0 amide bonds. The number of nitrogens with zero attached hydrogens (tertiary/aromatic N) is 3. The zero-order valence-corrected chi connectivity index (χ0v) is 18.9. The molecule has 0 saturated heterocycles. The highest BCUT2D eigenvalue weighted by Gasteiger charge is 2.15. The Morgan fingerprint density at radius 2 is 1.97 bits per heavy atom. The molecule has 1 heterocycles. The maximum atomic E-state index is 6.15.